The van der Waals surface area contributed by atoms with E-state index in [0.29, 0.717) is 5.56 Å². The highest BCUT2D eigenvalue weighted by Crippen LogP contribution is 2.28. The van der Waals surface area contributed by atoms with E-state index in [-0.39, 0.29) is 6.04 Å². The van der Waals surface area contributed by atoms with Crippen molar-refractivity contribution in [3.05, 3.63) is 63.1 Å². The first-order valence-corrected chi connectivity index (χ1v) is 6.99. The fourth-order valence-electron chi connectivity index (χ4n) is 1.87. The first kappa shape index (κ1) is 13.9. The number of benzene rings is 2. The number of anilines is 1. The number of nitrogens with one attached hydrogen (secondary N) is 1. The second-order valence-corrected chi connectivity index (χ2v) is 5.51. The predicted molar refractivity (Wildman–Crippen MR) is 82.3 cm³/mol. The van der Waals surface area contributed by atoms with E-state index >= 15 is 0 Å². The minimum Gasteiger partial charge on any atom is -0.377 e. The first-order chi connectivity index (χ1) is 9.11. The van der Waals surface area contributed by atoms with Gasteiger partial charge < -0.3 is 5.32 Å². The molecular weight excluding hydrogens is 324 g/mol. The zero-order chi connectivity index (χ0) is 13.8. The molecule has 19 heavy (non-hydrogen) atoms. The molecule has 2 rings (SSSR count). The number of nitrogens with zero attached hydrogens (tertiary/aromatic N) is 1. The van der Waals surface area contributed by atoms with Gasteiger partial charge in [-0.25, -0.2) is 0 Å². The van der Waals surface area contributed by atoms with Crippen LogP contribution >= 0.6 is 27.5 Å². The van der Waals surface area contributed by atoms with Crippen LogP contribution in [0.5, 0.6) is 0 Å². The van der Waals surface area contributed by atoms with Crippen LogP contribution in [-0.2, 0) is 0 Å². The van der Waals surface area contributed by atoms with Crippen LogP contribution in [-0.4, -0.2) is 0 Å². The summed E-state index contributed by atoms with van der Waals surface area (Å²) in [7, 11) is 0. The van der Waals surface area contributed by atoms with Crippen molar-refractivity contribution in [3.63, 3.8) is 0 Å². The molecule has 1 atom stereocenters. The Hall–Kier alpha value is -1.50. The van der Waals surface area contributed by atoms with Crippen molar-refractivity contribution in [1.82, 2.24) is 0 Å². The molecule has 2 aromatic rings. The van der Waals surface area contributed by atoms with Gasteiger partial charge in [-0.1, -0.05) is 45.7 Å². The highest BCUT2D eigenvalue weighted by atomic mass is 79.9. The summed E-state index contributed by atoms with van der Waals surface area (Å²) in [6.45, 7) is 2.02. The Bertz CT molecular complexity index is 634. The van der Waals surface area contributed by atoms with Gasteiger partial charge >= 0.3 is 0 Å². The van der Waals surface area contributed by atoms with Gasteiger partial charge in [-0.3, -0.25) is 0 Å². The van der Waals surface area contributed by atoms with Gasteiger partial charge in [0, 0.05) is 9.50 Å². The van der Waals surface area contributed by atoms with E-state index in [9.17, 15) is 0 Å². The summed E-state index contributed by atoms with van der Waals surface area (Å²) in [5.74, 6) is 0. The van der Waals surface area contributed by atoms with E-state index in [1.54, 1.807) is 6.07 Å². The fourth-order valence-corrected chi connectivity index (χ4v) is 2.53. The lowest BCUT2D eigenvalue weighted by atomic mass is 10.1. The van der Waals surface area contributed by atoms with Crippen LogP contribution in [0.1, 0.15) is 24.1 Å². The Morgan fingerprint density at radius 1 is 1.26 bits per heavy atom. The van der Waals surface area contributed by atoms with Crippen molar-refractivity contribution in [1.29, 1.82) is 5.26 Å². The lowest BCUT2D eigenvalue weighted by Crippen LogP contribution is -2.08. The third-order valence-corrected chi connectivity index (χ3v) is 3.68. The highest BCUT2D eigenvalue weighted by molar-refractivity contribution is 9.10. The smallest absolute Gasteiger partial charge is 0.101 e. The van der Waals surface area contributed by atoms with Gasteiger partial charge in [0.05, 0.1) is 17.3 Å². The van der Waals surface area contributed by atoms with Crippen molar-refractivity contribution in [2.75, 3.05) is 5.32 Å². The van der Waals surface area contributed by atoms with Gasteiger partial charge in [-0.05, 0) is 36.8 Å². The number of nitriles is 1. The number of hydrogen-bond donors (Lipinski definition) is 1. The van der Waals surface area contributed by atoms with Crippen LogP contribution < -0.4 is 5.32 Å². The van der Waals surface area contributed by atoms with E-state index in [4.69, 9.17) is 16.9 Å². The second kappa shape index (κ2) is 6.10. The van der Waals surface area contributed by atoms with E-state index in [1.165, 1.54) is 0 Å². The largest absolute Gasteiger partial charge is 0.377 e. The van der Waals surface area contributed by atoms with Gasteiger partial charge in [0.1, 0.15) is 6.07 Å². The van der Waals surface area contributed by atoms with E-state index in [0.717, 1.165) is 20.7 Å². The van der Waals surface area contributed by atoms with E-state index in [1.807, 2.05) is 43.3 Å². The summed E-state index contributed by atoms with van der Waals surface area (Å²) in [5, 5.41) is 13.2. The zero-order valence-corrected chi connectivity index (χ0v) is 12.7. The molecule has 0 aliphatic rings. The SMILES string of the molecule is CC(Nc1ccc(Br)cc1C#N)c1ccccc1Cl. The molecule has 0 bridgehead atoms. The Morgan fingerprint density at radius 3 is 2.68 bits per heavy atom. The Kier molecular flexibility index (Phi) is 4.47. The third kappa shape index (κ3) is 3.28. The predicted octanol–water partition coefficient (Wildman–Crippen LogP) is 5.15. The summed E-state index contributed by atoms with van der Waals surface area (Å²) in [6, 6.07) is 15.5. The molecule has 2 nitrogen and oxygen atoms in total. The monoisotopic (exact) mass is 334 g/mol. The van der Waals surface area contributed by atoms with E-state index in [2.05, 4.69) is 27.3 Å². The molecule has 1 unspecified atom stereocenters. The average Bonchev–Trinajstić information content (AvgIpc) is 2.41. The maximum absolute atomic E-state index is 9.14. The minimum atomic E-state index is 0.0296. The van der Waals surface area contributed by atoms with Gasteiger partial charge in [-0.2, -0.15) is 5.26 Å². The Labute approximate surface area is 126 Å². The standard InChI is InChI=1S/C15H12BrClN2/c1-10(13-4-2-3-5-14(13)17)19-15-7-6-12(16)8-11(15)9-18/h2-8,10,19H,1H3. The Balaban J connectivity index is 2.27. The van der Waals surface area contributed by atoms with Crippen molar-refractivity contribution in [2.45, 2.75) is 13.0 Å². The van der Waals surface area contributed by atoms with Crippen molar-refractivity contribution < 1.29 is 0 Å². The highest BCUT2D eigenvalue weighted by Gasteiger charge is 2.11. The zero-order valence-electron chi connectivity index (χ0n) is 10.3. The molecule has 4 heteroatoms. The maximum Gasteiger partial charge on any atom is 0.101 e. The molecule has 0 radical (unpaired) electrons. The fraction of sp³-hybridized carbons (Fsp3) is 0.133. The molecule has 0 aliphatic heterocycles. The molecule has 0 saturated carbocycles. The quantitative estimate of drug-likeness (QED) is 0.842. The van der Waals surface area contributed by atoms with Crippen LogP contribution in [0.2, 0.25) is 5.02 Å². The summed E-state index contributed by atoms with van der Waals surface area (Å²) < 4.78 is 0.889. The van der Waals surface area contributed by atoms with Crippen molar-refractivity contribution in [3.8, 4) is 6.07 Å². The summed E-state index contributed by atoms with van der Waals surface area (Å²) in [5.41, 5.74) is 2.42. The van der Waals surface area contributed by atoms with Crippen LogP contribution in [0.25, 0.3) is 0 Å². The second-order valence-electron chi connectivity index (χ2n) is 4.19. The van der Waals surface area contributed by atoms with E-state index < -0.39 is 0 Å². The molecule has 1 N–H and O–H groups in total. The normalized spacial score (nSPS) is 11.7. The summed E-state index contributed by atoms with van der Waals surface area (Å²) >= 11 is 9.53. The lowest BCUT2D eigenvalue weighted by Gasteiger charge is -2.18. The molecule has 0 fully saturated rings. The van der Waals surface area contributed by atoms with Gasteiger partial charge in [0.2, 0.25) is 0 Å². The van der Waals surface area contributed by atoms with Crippen LogP contribution in [0.15, 0.2) is 46.9 Å². The lowest BCUT2D eigenvalue weighted by molar-refractivity contribution is 0.884. The molecule has 96 valence electrons. The van der Waals surface area contributed by atoms with Crippen molar-refractivity contribution >= 4 is 33.2 Å². The molecule has 2 aromatic carbocycles. The summed E-state index contributed by atoms with van der Waals surface area (Å²) in [6.07, 6.45) is 0. The minimum absolute atomic E-state index is 0.0296. The van der Waals surface area contributed by atoms with Gasteiger partial charge in [-0.15, -0.1) is 0 Å². The summed E-state index contributed by atoms with van der Waals surface area (Å²) in [4.78, 5) is 0. The topological polar surface area (TPSA) is 35.8 Å². The molecule has 0 aromatic heterocycles. The average molecular weight is 336 g/mol. The van der Waals surface area contributed by atoms with Crippen LogP contribution in [0.3, 0.4) is 0 Å². The first-order valence-electron chi connectivity index (χ1n) is 5.82. The molecular formula is C15H12BrClN2. The van der Waals surface area contributed by atoms with Crippen LogP contribution in [0.4, 0.5) is 5.69 Å². The third-order valence-electron chi connectivity index (χ3n) is 2.85. The number of hydrogen-bond acceptors (Lipinski definition) is 2. The van der Waals surface area contributed by atoms with Crippen molar-refractivity contribution in [2.24, 2.45) is 0 Å². The molecule has 0 spiro atoms. The number of rotatable bonds is 3. The molecule has 0 amide bonds. The maximum atomic E-state index is 9.14. The van der Waals surface area contributed by atoms with Gasteiger partial charge in [0.25, 0.3) is 0 Å². The Morgan fingerprint density at radius 2 is 2.00 bits per heavy atom. The molecule has 0 heterocycles. The molecule has 0 saturated heterocycles. The van der Waals surface area contributed by atoms with Crippen LogP contribution in [0, 0.1) is 11.3 Å². The molecule has 0 aliphatic carbocycles. The number of halogens is 2. The van der Waals surface area contributed by atoms with Gasteiger partial charge in [0.15, 0.2) is 0 Å².